The molecule has 0 aliphatic heterocycles. The van der Waals surface area contributed by atoms with Crippen LogP contribution in [-0.4, -0.2) is 26.8 Å². The number of hydrogen-bond donors (Lipinski definition) is 1. The van der Waals surface area contributed by atoms with Gasteiger partial charge in [0.25, 0.3) is 0 Å². The van der Waals surface area contributed by atoms with E-state index in [9.17, 15) is 0 Å². The van der Waals surface area contributed by atoms with Crippen LogP contribution in [0.1, 0.15) is 43.9 Å². The van der Waals surface area contributed by atoms with Crippen molar-refractivity contribution in [2.75, 3.05) is 6.61 Å². The first-order valence-electron chi connectivity index (χ1n) is 11.3. The minimum atomic E-state index is 0. The van der Waals surface area contributed by atoms with Crippen LogP contribution in [0.25, 0.3) is 5.69 Å². The summed E-state index contributed by atoms with van der Waals surface area (Å²) in [5.74, 6) is 1.23. The lowest BCUT2D eigenvalue weighted by Gasteiger charge is -2.19. The molecule has 1 N–H and O–H groups in total. The monoisotopic (exact) mass is 479 g/mol. The molecular weight excluding hydrogens is 450 g/mol. The Balaban J connectivity index is 0.00000324. The molecule has 1 heterocycles. The van der Waals surface area contributed by atoms with Crippen LogP contribution in [0.3, 0.4) is 0 Å². The second-order valence-electron chi connectivity index (χ2n) is 7.66. The van der Waals surface area contributed by atoms with E-state index in [1.54, 1.807) is 4.68 Å². The molecule has 7 nitrogen and oxygen atoms in total. The number of halogens is 1. The largest absolute Gasteiger partial charge is 0.490 e. The molecule has 0 amide bonds. The molecule has 0 radical (unpaired) electrons. The highest BCUT2D eigenvalue weighted by atomic mass is 35.5. The van der Waals surface area contributed by atoms with E-state index in [0.717, 1.165) is 30.6 Å². The normalized spacial score (nSPS) is 11.5. The molecule has 0 aliphatic carbocycles. The van der Waals surface area contributed by atoms with Crippen molar-refractivity contribution in [3.63, 3.8) is 0 Å². The van der Waals surface area contributed by atoms with Crippen molar-refractivity contribution >= 4 is 12.4 Å². The second-order valence-corrected chi connectivity index (χ2v) is 7.66. The highest BCUT2D eigenvalue weighted by Gasteiger charge is 2.15. The molecule has 4 rings (SSSR count). The number of hydrogen-bond acceptors (Lipinski definition) is 6. The van der Waals surface area contributed by atoms with Gasteiger partial charge in [0.2, 0.25) is 0 Å². The maximum atomic E-state index is 6.06. The molecule has 0 aliphatic rings. The molecule has 0 saturated heterocycles. The topological polar surface area (TPSA) is 74.1 Å². The highest BCUT2D eigenvalue weighted by Crippen LogP contribution is 2.32. The van der Waals surface area contributed by atoms with Crippen LogP contribution < -0.4 is 14.8 Å². The van der Waals surface area contributed by atoms with Crippen LogP contribution in [0.4, 0.5) is 0 Å². The van der Waals surface area contributed by atoms with Gasteiger partial charge in [0.05, 0.1) is 12.3 Å². The Bertz CT molecular complexity index is 1140. The molecule has 4 aromatic rings. The van der Waals surface area contributed by atoms with Crippen LogP contribution in [0.5, 0.6) is 17.5 Å². The van der Waals surface area contributed by atoms with Crippen LogP contribution in [-0.2, 0) is 6.54 Å². The molecule has 0 bridgehead atoms. The number of tetrazole rings is 1. The molecule has 3 aromatic carbocycles. The SMILES string of the molecule is CCCC(NCc1ccc(Oc2nnnn2-c2ccccc2)c(OCC)c1)c1ccccc1.Cl. The average Bonchev–Trinajstić information content (AvgIpc) is 3.32. The van der Waals surface area contributed by atoms with Crippen molar-refractivity contribution in [2.24, 2.45) is 0 Å². The van der Waals surface area contributed by atoms with Gasteiger partial charge in [-0.3, -0.25) is 0 Å². The average molecular weight is 480 g/mol. The third-order valence-electron chi connectivity index (χ3n) is 5.28. The van der Waals surface area contributed by atoms with Crippen LogP contribution in [0.15, 0.2) is 78.9 Å². The Labute approximate surface area is 206 Å². The minimum absolute atomic E-state index is 0. The van der Waals surface area contributed by atoms with Gasteiger partial charge >= 0.3 is 6.01 Å². The van der Waals surface area contributed by atoms with Crippen molar-refractivity contribution in [2.45, 2.75) is 39.3 Å². The summed E-state index contributed by atoms with van der Waals surface area (Å²) in [4.78, 5) is 0. The van der Waals surface area contributed by atoms with Crippen LogP contribution in [0.2, 0.25) is 0 Å². The highest BCUT2D eigenvalue weighted by molar-refractivity contribution is 5.85. The number of rotatable bonds is 11. The van der Waals surface area contributed by atoms with Crippen LogP contribution >= 0.6 is 12.4 Å². The summed E-state index contributed by atoms with van der Waals surface area (Å²) in [5, 5.41) is 15.5. The molecule has 0 fully saturated rings. The second kappa shape index (κ2) is 12.7. The van der Waals surface area contributed by atoms with Gasteiger partial charge in [-0.1, -0.05) is 73.0 Å². The summed E-state index contributed by atoms with van der Waals surface area (Å²) in [5.41, 5.74) is 3.24. The molecule has 0 spiro atoms. The predicted octanol–water partition coefficient (Wildman–Crippen LogP) is 5.91. The van der Waals surface area contributed by atoms with E-state index in [0.29, 0.717) is 24.1 Å². The number of benzene rings is 3. The van der Waals surface area contributed by atoms with Gasteiger partial charge in [-0.25, -0.2) is 0 Å². The fourth-order valence-corrected chi connectivity index (χ4v) is 3.69. The summed E-state index contributed by atoms with van der Waals surface area (Å²) in [6, 6.07) is 26.7. The third kappa shape index (κ3) is 6.34. The summed E-state index contributed by atoms with van der Waals surface area (Å²) >= 11 is 0. The van der Waals surface area contributed by atoms with Crippen molar-refractivity contribution in [3.05, 3.63) is 90.0 Å². The Kier molecular flexibility index (Phi) is 9.43. The molecular formula is C26H30ClN5O2. The van der Waals surface area contributed by atoms with Gasteiger partial charge in [-0.15, -0.1) is 12.4 Å². The van der Waals surface area contributed by atoms with Gasteiger partial charge in [-0.2, -0.15) is 4.68 Å². The van der Waals surface area contributed by atoms with Crippen LogP contribution in [0, 0.1) is 0 Å². The van der Waals surface area contributed by atoms with Crippen molar-refractivity contribution in [1.29, 1.82) is 0 Å². The molecule has 8 heteroatoms. The van der Waals surface area contributed by atoms with Gasteiger partial charge in [-0.05, 0) is 59.2 Å². The fraction of sp³-hybridized carbons (Fsp3) is 0.269. The Morgan fingerprint density at radius 1 is 0.912 bits per heavy atom. The van der Waals surface area contributed by atoms with Gasteiger partial charge in [0, 0.05) is 12.6 Å². The lowest BCUT2D eigenvalue weighted by molar-refractivity contribution is 0.315. The standard InChI is InChI=1S/C26H29N5O2.ClH/c1-3-11-23(21-12-7-5-8-13-21)27-19-20-16-17-24(25(18-20)32-4-2)33-26-28-29-30-31(26)22-14-9-6-10-15-22;/h5-10,12-18,23,27H,3-4,11,19H2,1-2H3;1H. The van der Waals surface area contributed by atoms with Gasteiger partial charge in [0.15, 0.2) is 11.5 Å². The summed E-state index contributed by atoms with van der Waals surface area (Å²) in [6.45, 7) is 5.41. The number of para-hydroxylation sites is 1. The zero-order valence-electron chi connectivity index (χ0n) is 19.4. The lowest BCUT2D eigenvalue weighted by atomic mass is 10.0. The van der Waals surface area contributed by atoms with Gasteiger partial charge in [0.1, 0.15) is 0 Å². The zero-order chi connectivity index (χ0) is 22.9. The fourth-order valence-electron chi connectivity index (χ4n) is 3.69. The molecule has 178 valence electrons. The van der Waals surface area contributed by atoms with E-state index in [2.05, 4.69) is 52.0 Å². The first kappa shape index (κ1) is 25.2. The molecule has 0 saturated carbocycles. The number of nitrogens with one attached hydrogen (secondary N) is 1. The Hall–Kier alpha value is -3.42. The first-order chi connectivity index (χ1) is 16.3. The van der Waals surface area contributed by atoms with E-state index in [-0.39, 0.29) is 18.4 Å². The molecule has 1 atom stereocenters. The van der Waals surface area contributed by atoms with E-state index in [4.69, 9.17) is 9.47 Å². The summed E-state index contributed by atoms with van der Waals surface area (Å²) in [7, 11) is 0. The lowest BCUT2D eigenvalue weighted by Crippen LogP contribution is -2.20. The van der Waals surface area contributed by atoms with E-state index >= 15 is 0 Å². The van der Waals surface area contributed by atoms with Gasteiger partial charge < -0.3 is 14.8 Å². The number of nitrogens with zero attached hydrogens (tertiary/aromatic N) is 4. The maximum Gasteiger partial charge on any atom is 0.346 e. The number of aromatic nitrogens is 4. The van der Waals surface area contributed by atoms with Crippen molar-refractivity contribution < 1.29 is 9.47 Å². The van der Waals surface area contributed by atoms with E-state index in [1.165, 1.54) is 5.56 Å². The Morgan fingerprint density at radius 3 is 2.35 bits per heavy atom. The molecule has 1 unspecified atom stereocenters. The minimum Gasteiger partial charge on any atom is -0.490 e. The van der Waals surface area contributed by atoms with E-state index in [1.807, 2.05) is 61.5 Å². The predicted molar refractivity (Wildman–Crippen MR) is 135 cm³/mol. The first-order valence-corrected chi connectivity index (χ1v) is 11.3. The third-order valence-corrected chi connectivity index (χ3v) is 5.28. The van der Waals surface area contributed by atoms with Crippen molar-refractivity contribution in [3.8, 4) is 23.2 Å². The smallest absolute Gasteiger partial charge is 0.346 e. The Morgan fingerprint density at radius 2 is 1.65 bits per heavy atom. The molecule has 1 aromatic heterocycles. The zero-order valence-corrected chi connectivity index (χ0v) is 20.2. The summed E-state index contributed by atoms with van der Waals surface area (Å²) in [6.07, 6.45) is 2.19. The molecule has 34 heavy (non-hydrogen) atoms. The van der Waals surface area contributed by atoms with Crippen molar-refractivity contribution in [1.82, 2.24) is 25.5 Å². The quantitative estimate of drug-likeness (QED) is 0.288. The van der Waals surface area contributed by atoms with E-state index < -0.39 is 0 Å². The summed E-state index contributed by atoms with van der Waals surface area (Å²) < 4.78 is 13.5. The number of ether oxygens (including phenoxy) is 2. The maximum absolute atomic E-state index is 6.06.